The molecule has 0 radical (unpaired) electrons. The summed E-state index contributed by atoms with van der Waals surface area (Å²) in [5, 5.41) is 17.0. The summed E-state index contributed by atoms with van der Waals surface area (Å²) in [5.74, 6) is 0. The van der Waals surface area contributed by atoms with Crippen molar-refractivity contribution in [1.82, 2.24) is 9.80 Å². The van der Waals surface area contributed by atoms with Crippen molar-refractivity contribution in [3.05, 3.63) is 0 Å². The van der Waals surface area contributed by atoms with Gasteiger partial charge in [-0.25, -0.2) is 0 Å². The van der Waals surface area contributed by atoms with E-state index in [2.05, 4.69) is 36.0 Å². The molecule has 0 atom stereocenters. The van der Waals surface area contributed by atoms with Crippen molar-refractivity contribution >= 4 is 0 Å². The normalized spacial score (nSPS) is 10.7. The summed E-state index contributed by atoms with van der Waals surface area (Å²) < 4.78 is 0. The third-order valence-corrected chi connectivity index (χ3v) is 3.54. The van der Waals surface area contributed by atoms with Crippen LogP contribution in [0.4, 0.5) is 0 Å². The van der Waals surface area contributed by atoms with Gasteiger partial charge in [0, 0.05) is 25.9 Å². The first-order valence-corrected chi connectivity index (χ1v) is 7.81. The van der Waals surface area contributed by atoms with Crippen molar-refractivity contribution in [2.45, 2.75) is 51.4 Å². The Kier molecular flexibility index (Phi) is 13.5. The van der Waals surface area contributed by atoms with E-state index in [1.807, 2.05) is 0 Å². The van der Waals surface area contributed by atoms with Crippen LogP contribution in [0.3, 0.4) is 0 Å². The highest BCUT2D eigenvalue weighted by Gasteiger charge is 1.99. The minimum absolute atomic E-state index is 0.635. The molecule has 0 saturated heterocycles. The fourth-order valence-electron chi connectivity index (χ4n) is 2.18. The molecular weight excluding hydrogens is 248 g/mol. The van der Waals surface area contributed by atoms with E-state index < -0.39 is 0 Å². The van der Waals surface area contributed by atoms with Gasteiger partial charge >= 0.3 is 0 Å². The van der Waals surface area contributed by atoms with Crippen LogP contribution in [0, 0.1) is 22.7 Å². The van der Waals surface area contributed by atoms with E-state index in [1.165, 1.54) is 38.5 Å². The van der Waals surface area contributed by atoms with Gasteiger partial charge in [-0.1, -0.05) is 25.7 Å². The van der Waals surface area contributed by atoms with Crippen LogP contribution in [0.25, 0.3) is 0 Å². The second-order valence-corrected chi connectivity index (χ2v) is 5.54. The molecular formula is C16H30N4. The Bertz CT molecular complexity index is 260. The highest BCUT2D eigenvalue weighted by Crippen LogP contribution is 2.06. The average Bonchev–Trinajstić information content (AvgIpc) is 2.45. The van der Waals surface area contributed by atoms with Crippen LogP contribution in [0.15, 0.2) is 0 Å². The Hall–Kier alpha value is -1.10. The van der Waals surface area contributed by atoms with Gasteiger partial charge in [0.15, 0.2) is 0 Å². The lowest BCUT2D eigenvalue weighted by molar-refractivity contribution is 0.324. The highest BCUT2D eigenvalue weighted by atomic mass is 15.1. The first kappa shape index (κ1) is 18.9. The SMILES string of the molecule is CN(CCC#N)CCCCCCCCN(C)CCC#N. The lowest BCUT2D eigenvalue weighted by Crippen LogP contribution is -2.20. The first-order valence-electron chi connectivity index (χ1n) is 7.81. The van der Waals surface area contributed by atoms with Gasteiger partial charge in [0.05, 0.1) is 12.1 Å². The summed E-state index contributed by atoms with van der Waals surface area (Å²) in [7, 11) is 4.18. The molecule has 0 aromatic heterocycles. The molecule has 0 spiro atoms. The number of hydrogen-bond acceptors (Lipinski definition) is 4. The van der Waals surface area contributed by atoms with Gasteiger partial charge in [-0.2, -0.15) is 10.5 Å². The number of hydrogen-bond donors (Lipinski definition) is 0. The van der Waals surface area contributed by atoms with Crippen molar-refractivity contribution in [2.24, 2.45) is 0 Å². The maximum Gasteiger partial charge on any atom is 0.0635 e. The molecule has 0 aliphatic carbocycles. The lowest BCUT2D eigenvalue weighted by Gasteiger charge is -2.15. The summed E-state index contributed by atoms with van der Waals surface area (Å²) in [6.07, 6.45) is 8.96. The van der Waals surface area contributed by atoms with Crippen LogP contribution in [-0.2, 0) is 0 Å². The molecule has 4 nitrogen and oxygen atoms in total. The molecule has 0 bridgehead atoms. The monoisotopic (exact) mass is 278 g/mol. The van der Waals surface area contributed by atoms with Gasteiger partial charge in [-0.05, 0) is 40.0 Å². The summed E-state index contributed by atoms with van der Waals surface area (Å²) in [6, 6.07) is 4.36. The average molecular weight is 278 g/mol. The number of unbranched alkanes of at least 4 members (excludes halogenated alkanes) is 5. The molecule has 0 aromatic carbocycles. The highest BCUT2D eigenvalue weighted by molar-refractivity contribution is 4.71. The molecule has 0 amide bonds. The van der Waals surface area contributed by atoms with Crippen molar-refractivity contribution in [3.8, 4) is 12.1 Å². The lowest BCUT2D eigenvalue weighted by atomic mass is 10.1. The largest absolute Gasteiger partial charge is 0.305 e. The van der Waals surface area contributed by atoms with Crippen molar-refractivity contribution < 1.29 is 0 Å². The molecule has 0 unspecified atom stereocenters. The topological polar surface area (TPSA) is 54.1 Å². The summed E-state index contributed by atoms with van der Waals surface area (Å²) in [6.45, 7) is 4.01. The Morgan fingerprint density at radius 3 is 1.30 bits per heavy atom. The van der Waals surface area contributed by atoms with E-state index >= 15 is 0 Å². The fourth-order valence-corrected chi connectivity index (χ4v) is 2.18. The molecule has 20 heavy (non-hydrogen) atoms. The molecule has 0 aromatic rings. The minimum Gasteiger partial charge on any atom is -0.305 e. The quantitative estimate of drug-likeness (QED) is 0.486. The van der Waals surface area contributed by atoms with Gasteiger partial charge in [-0.15, -0.1) is 0 Å². The van der Waals surface area contributed by atoms with E-state index in [0.717, 1.165) is 26.2 Å². The summed E-state index contributed by atoms with van der Waals surface area (Å²) in [5.41, 5.74) is 0. The molecule has 0 rings (SSSR count). The molecule has 0 aliphatic rings. The number of rotatable bonds is 13. The van der Waals surface area contributed by atoms with E-state index in [4.69, 9.17) is 10.5 Å². The summed E-state index contributed by atoms with van der Waals surface area (Å²) >= 11 is 0. The minimum atomic E-state index is 0.635. The van der Waals surface area contributed by atoms with Crippen molar-refractivity contribution in [2.75, 3.05) is 40.3 Å². The summed E-state index contributed by atoms with van der Waals surface area (Å²) in [4.78, 5) is 4.49. The Morgan fingerprint density at radius 1 is 0.600 bits per heavy atom. The molecule has 4 heteroatoms. The van der Waals surface area contributed by atoms with Crippen molar-refractivity contribution in [1.29, 1.82) is 10.5 Å². The predicted molar refractivity (Wildman–Crippen MR) is 83.2 cm³/mol. The molecule has 0 N–H and O–H groups in total. The van der Waals surface area contributed by atoms with Crippen LogP contribution in [0.5, 0.6) is 0 Å². The van der Waals surface area contributed by atoms with E-state index in [9.17, 15) is 0 Å². The van der Waals surface area contributed by atoms with E-state index in [1.54, 1.807) is 0 Å². The van der Waals surface area contributed by atoms with Crippen LogP contribution in [0.1, 0.15) is 51.4 Å². The third-order valence-electron chi connectivity index (χ3n) is 3.54. The van der Waals surface area contributed by atoms with Gasteiger partial charge in [0.1, 0.15) is 0 Å². The molecule has 0 saturated carbocycles. The van der Waals surface area contributed by atoms with Gasteiger partial charge in [0.25, 0.3) is 0 Å². The fraction of sp³-hybridized carbons (Fsp3) is 0.875. The third kappa shape index (κ3) is 13.3. The Balaban J connectivity index is 3.21. The van der Waals surface area contributed by atoms with Crippen LogP contribution < -0.4 is 0 Å². The second kappa shape index (κ2) is 14.3. The van der Waals surface area contributed by atoms with Gasteiger partial charge in [-0.3, -0.25) is 0 Å². The Labute approximate surface area is 125 Å². The van der Waals surface area contributed by atoms with E-state index in [0.29, 0.717) is 12.8 Å². The smallest absolute Gasteiger partial charge is 0.0635 e. The predicted octanol–water partition coefficient (Wildman–Crippen LogP) is 3.02. The second-order valence-electron chi connectivity index (χ2n) is 5.54. The van der Waals surface area contributed by atoms with Gasteiger partial charge < -0.3 is 9.80 Å². The number of nitriles is 2. The standard InChI is InChI=1S/C16H30N4/c1-19(15-9-11-17)13-7-5-3-4-6-8-14-20(2)16-10-12-18/h3-10,13-16H2,1-2H3. The zero-order chi connectivity index (χ0) is 15.1. The Morgan fingerprint density at radius 2 is 0.950 bits per heavy atom. The molecule has 0 fully saturated rings. The maximum absolute atomic E-state index is 8.50. The zero-order valence-corrected chi connectivity index (χ0v) is 13.3. The molecule has 0 heterocycles. The van der Waals surface area contributed by atoms with Crippen LogP contribution in [-0.4, -0.2) is 50.1 Å². The first-order chi connectivity index (χ1) is 9.70. The number of nitrogens with zero attached hydrogens (tertiary/aromatic N) is 4. The van der Waals surface area contributed by atoms with Gasteiger partial charge in [0.2, 0.25) is 0 Å². The van der Waals surface area contributed by atoms with Crippen LogP contribution >= 0.6 is 0 Å². The molecule has 0 aliphatic heterocycles. The van der Waals surface area contributed by atoms with Crippen molar-refractivity contribution in [3.63, 3.8) is 0 Å². The maximum atomic E-state index is 8.50. The van der Waals surface area contributed by atoms with E-state index in [-0.39, 0.29) is 0 Å². The molecule has 114 valence electrons. The van der Waals surface area contributed by atoms with Crippen LogP contribution in [0.2, 0.25) is 0 Å². The zero-order valence-electron chi connectivity index (χ0n) is 13.3.